The van der Waals surface area contributed by atoms with E-state index in [0.29, 0.717) is 4.57 Å². The van der Waals surface area contributed by atoms with Crippen LogP contribution < -0.4 is 11.2 Å². The zero-order chi connectivity index (χ0) is 37.4. The summed E-state index contributed by atoms with van der Waals surface area (Å²) in [4.78, 5) is 80.0. The van der Waals surface area contributed by atoms with Crippen LogP contribution in [0.15, 0.2) is 113 Å². The molecule has 0 bridgehead atoms. The normalized spacial score (nSPS) is 19.0. The fraction of sp³-hybridized carbons (Fsp3) is 0.257. The third-order valence-electron chi connectivity index (χ3n) is 7.92. The predicted octanol–water partition coefficient (Wildman–Crippen LogP) is 3.05. The van der Waals surface area contributed by atoms with E-state index in [2.05, 4.69) is 0 Å². The second-order valence-electron chi connectivity index (χ2n) is 11.0. The Hall–Kier alpha value is -5.51. The molecule has 0 spiro atoms. The molecule has 0 radical (unpaired) electrons. The van der Waals surface area contributed by atoms with Crippen LogP contribution in [0.25, 0.3) is 0 Å². The van der Waals surface area contributed by atoms with Gasteiger partial charge in [-0.25, -0.2) is 19.2 Å². The number of nitrogens with zero attached hydrogens (tertiary/aromatic N) is 2. The lowest BCUT2D eigenvalue weighted by Gasteiger charge is -2.26. The van der Waals surface area contributed by atoms with Gasteiger partial charge in [0.2, 0.25) is 0 Å². The van der Waals surface area contributed by atoms with Gasteiger partial charge in [-0.3, -0.25) is 18.7 Å². The van der Waals surface area contributed by atoms with Gasteiger partial charge in [0.05, 0.1) is 24.8 Å². The van der Waals surface area contributed by atoms with Crippen LogP contribution in [0.3, 0.4) is 0 Å². The van der Waals surface area contributed by atoms with Gasteiger partial charge in [0.1, 0.15) is 6.10 Å². The average Bonchev–Trinajstić information content (AvgIpc) is 3.50. The molecule has 4 aromatic rings. The lowest BCUT2D eigenvalue weighted by molar-refractivity contribution is -0.153. The highest BCUT2D eigenvalue weighted by Gasteiger charge is 2.53. The number of methoxy groups -OCH3 is 1. The summed E-state index contributed by atoms with van der Waals surface area (Å²) in [6.45, 7) is -0.712. The summed E-state index contributed by atoms with van der Waals surface area (Å²) in [6.07, 6.45) is -5.37. The Morgan fingerprint density at radius 3 is 1.73 bits per heavy atom. The predicted molar refractivity (Wildman–Crippen MR) is 180 cm³/mol. The molecule has 16 nitrogen and oxygen atoms in total. The van der Waals surface area contributed by atoms with E-state index in [1.54, 1.807) is 54.6 Å². The molecule has 1 aliphatic rings. The molecule has 3 aromatic carbocycles. The molecule has 5 atom stereocenters. The molecule has 0 aliphatic carbocycles. The minimum Gasteiger partial charge on any atom is -0.467 e. The first-order valence-electron chi connectivity index (χ1n) is 15.5. The third-order valence-corrected chi connectivity index (χ3v) is 9.87. The molecule has 0 N–H and O–H groups in total. The smallest absolute Gasteiger partial charge is 0.370 e. The number of benzene rings is 3. The number of carbonyl (C=O) groups excluding carboxylic acids is 4. The minimum absolute atomic E-state index is 0.0226. The summed E-state index contributed by atoms with van der Waals surface area (Å²) in [5.41, 5.74) is -1.95. The molecule has 1 fully saturated rings. The Balaban J connectivity index is 1.62. The fourth-order valence-corrected chi connectivity index (χ4v) is 6.45. The van der Waals surface area contributed by atoms with Gasteiger partial charge in [-0.15, -0.1) is 0 Å². The zero-order valence-corrected chi connectivity index (χ0v) is 28.9. The topological polar surface area (TPSA) is 194 Å². The quantitative estimate of drug-likeness (QED) is 0.110. The van der Waals surface area contributed by atoms with Crippen LogP contribution in [0, 0.1) is 0 Å². The molecular weight excluding hydrogens is 703 g/mol. The highest BCUT2D eigenvalue weighted by molar-refractivity contribution is 7.55. The maximum Gasteiger partial charge on any atom is 0.370 e. The van der Waals surface area contributed by atoms with Crippen molar-refractivity contribution in [3.8, 4) is 0 Å². The first kappa shape index (κ1) is 37.7. The second-order valence-corrected chi connectivity index (χ2v) is 13.3. The van der Waals surface area contributed by atoms with E-state index in [-0.39, 0.29) is 16.7 Å². The summed E-state index contributed by atoms with van der Waals surface area (Å²) in [6, 6.07) is 24.0. The van der Waals surface area contributed by atoms with Gasteiger partial charge in [-0.2, -0.15) is 4.57 Å². The molecule has 5 unspecified atom stereocenters. The second kappa shape index (κ2) is 16.7. The summed E-state index contributed by atoms with van der Waals surface area (Å²) in [5.74, 6) is -5.88. The van der Waals surface area contributed by atoms with Crippen LogP contribution in [-0.4, -0.2) is 85.0 Å². The number of ether oxygens (including phenoxy) is 5. The van der Waals surface area contributed by atoms with Crippen molar-refractivity contribution in [1.82, 2.24) is 9.13 Å². The number of hydrogen-bond donors (Lipinski definition) is 0. The van der Waals surface area contributed by atoms with Crippen LogP contribution in [0.5, 0.6) is 0 Å². The molecule has 1 aliphatic heterocycles. The van der Waals surface area contributed by atoms with Gasteiger partial charge < -0.3 is 32.7 Å². The molecule has 52 heavy (non-hydrogen) atoms. The molecule has 0 amide bonds. The largest absolute Gasteiger partial charge is 0.467 e. The first-order chi connectivity index (χ1) is 25.0. The number of esters is 3. The SMILES string of the molecule is COC(=O)C(OCC1OC(n2ccc(=O)n(C(=O)c3ccccc3)c2=O)C(OC(=O)c2ccccc2)C1OC(=O)c1ccccc1)P(=O)(OC)OC. The molecule has 272 valence electrons. The molecule has 5 rings (SSSR count). The lowest BCUT2D eigenvalue weighted by atomic mass is 10.1. The highest BCUT2D eigenvalue weighted by atomic mass is 31.2. The summed E-state index contributed by atoms with van der Waals surface area (Å²) in [7, 11) is -1.25. The molecular formula is C35H33N2O14P. The van der Waals surface area contributed by atoms with Crippen LogP contribution >= 0.6 is 7.60 Å². The van der Waals surface area contributed by atoms with Gasteiger partial charge in [0.25, 0.3) is 17.3 Å². The Labute approximate surface area is 295 Å². The Kier molecular flexibility index (Phi) is 12.1. The van der Waals surface area contributed by atoms with Crippen molar-refractivity contribution >= 4 is 31.4 Å². The average molecular weight is 737 g/mol. The van der Waals surface area contributed by atoms with Crippen LogP contribution in [0.2, 0.25) is 0 Å². The summed E-state index contributed by atoms with van der Waals surface area (Å²) < 4.78 is 52.7. The molecule has 1 aromatic heterocycles. The standard InChI is InChI=1S/C35H33N2O14P/c1-45-33(42)34(52(44,46-2)47-3)48-21-25-27(50-31(40)23-15-9-5-10-16-23)28(51-32(41)24-17-11-6-12-18-24)30(49-25)36-20-19-26(38)37(35(36)43)29(39)22-13-7-4-8-14-22/h4-20,25,27-28,30,34H,21H2,1-3H3. The van der Waals surface area contributed by atoms with Crippen LogP contribution in [-0.2, 0) is 42.1 Å². The first-order valence-corrected chi connectivity index (χ1v) is 17.2. The van der Waals surface area contributed by atoms with Crippen molar-refractivity contribution in [2.24, 2.45) is 0 Å². The third kappa shape index (κ3) is 8.01. The fourth-order valence-electron chi connectivity index (χ4n) is 5.29. The maximum atomic E-state index is 14.0. The highest BCUT2D eigenvalue weighted by Crippen LogP contribution is 2.52. The van der Waals surface area contributed by atoms with Gasteiger partial charge in [-0.1, -0.05) is 54.6 Å². The van der Waals surface area contributed by atoms with E-state index < -0.39 is 79.7 Å². The molecule has 1 saturated heterocycles. The van der Waals surface area contributed by atoms with E-state index in [0.717, 1.165) is 38.2 Å². The Morgan fingerprint density at radius 1 is 0.731 bits per heavy atom. The van der Waals surface area contributed by atoms with Crippen LogP contribution in [0.1, 0.15) is 37.3 Å². The van der Waals surface area contributed by atoms with Crippen LogP contribution in [0.4, 0.5) is 0 Å². The van der Waals surface area contributed by atoms with Gasteiger partial charge in [0.15, 0.2) is 18.4 Å². The maximum absolute atomic E-state index is 14.0. The number of carbonyl (C=O) groups is 4. The van der Waals surface area contributed by atoms with Crippen molar-refractivity contribution in [3.63, 3.8) is 0 Å². The minimum atomic E-state index is -4.30. The summed E-state index contributed by atoms with van der Waals surface area (Å²) >= 11 is 0. The van der Waals surface area contributed by atoms with Gasteiger partial charge in [0, 0.05) is 32.0 Å². The van der Waals surface area contributed by atoms with E-state index in [1.165, 1.54) is 36.4 Å². The van der Waals surface area contributed by atoms with Crippen molar-refractivity contribution in [2.75, 3.05) is 27.9 Å². The monoisotopic (exact) mass is 736 g/mol. The Morgan fingerprint density at radius 2 is 1.23 bits per heavy atom. The van der Waals surface area contributed by atoms with E-state index in [1.807, 2.05) is 0 Å². The number of aromatic nitrogens is 2. The van der Waals surface area contributed by atoms with Gasteiger partial charge >= 0.3 is 31.2 Å². The van der Waals surface area contributed by atoms with Crippen molar-refractivity contribution in [2.45, 2.75) is 30.4 Å². The lowest BCUT2D eigenvalue weighted by Crippen LogP contribution is -2.47. The number of hydrogen-bond acceptors (Lipinski definition) is 14. The van der Waals surface area contributed by atoms with E-state index >= 15 is 0 Å². The van der Waals surface area contributed by atoms with E-state index in [4.69, 9.17) is 32.7 Å². The van der Waals surface area contributed by atoms with Crippen molar-refractivity contribution < 1.29 is 56.5 Å². The molecule has 17 heteroatoms. The van der Waals surface area contributed by atoms with Gasteiger partial charge in [-0.05, 0) is 36.4 Å². The molecule has 2 heterocycles. The number of rotatable bonds is 13. The molecule has 0 saturated carbocycles. The Bertz CT molecular complexity index is 2060. The van der Waals surface area contributed by atoms with E-state index in [9.17, 15) is 33.3 Å². The van der Waals surface area contributed by atoms with Crippen molar-refractivity contribution in [3.05, 3.63) is 141 Å². The zero-order valence-electron chi connectivity index (χ0n) is 28.0. The summed E-state index contributed by atoms with van der Waals surface area (Å²) in [5, 5.41) is 0. The van der Waals surface area contributed by atoms with Crippen molar-refractivity contribution in [1.29, 1.82) is 0 Å².